The average molecular weight is 370 g/mol. The summed E-state index contributed by atoms with van der Waals surface area (Å²) in [5.41, 5.74) is 4.80. The lowest BCUT2D eigenvalue weighted by atomic mass is 10.1. The van der Waals surface area contributed by atoms with E-state index in [-0.39, 0.29) is 5.82 Å². The highest BCUT2D eigenvalue weighted by Gasteiger charge is 2.20. The molecule has 4 rings (SSSR count). The summed E-state index contributed by atoms with van der Waals surface area (Å²) in [5.74, 6) is -0.184. The summed E-state index contributed by atoms with van der Waals surface area (Å²) in [5, 5.41) is 2.21. The second kappa shape index (κ2) is 5.17. The molecule has 4 aromatic rings. The minimum absolute atomic E-state index is 0.184. The van der Waals surface area contributed by atoms with Gasteiger partial charge in [-0.15, -0.1) is 0 Å². The van der Waals surface area contributed by atoms with Crippen LogP contribution in [0.1, 0.15) is 5.56 Å². The lowest BCUT2D eigenvalue weighted by Gasteiger charge is -2.05. The zero-order valence-corrected chi connectivity index (χ0v) is 14.4. The van der Waals surface area contributed by atoms with Crippen molar-refractivity contribution in [1.29, 1.82) is 0 Å². The van der Waals surface area contributed by atoms with E-state index in [2.05, 4.69) is 50.7 Å². The number of hydrogen-bond acceptors (Lipinski definition) is 0. The van der Waals surface area contributed by atoms with Gasteiger partial charge in [-0.25, -0.2) is 4.39 Å². The summed E-state index contributed by atoms with van der Waals surface area (Å²) in [6.07, 6.45) is 1.95. The fraction of sp³-hybridized carbons (Fsp3) is 0.105. The number of aromatic amines is 1. The second-order valence-corrected chi connectivity index (χ2v) is 6.61. The number of aryl methyl sites for hydroxylation is 2. The number of rotatable bonds is 1. The number of benzene rings is 2. The van der Waals surface area contributed by atoms with Gasteiger partial charge >= 0.3 is 0 Å². The first kappa shape index (κ1) is 14.4. The first-order chi connectivity index (χ1) is 11.1. The lowest BCUT2D eigenvalue weighted by molar-refractivity contribution is -0.633. The Morgan fingerprint density at radius 1 is 1.09 bits per heavy atom. The van der Waals surface area contributed by atoms with Crippen molar-refractivity contribution >= 4 is 37.7 Å². The van der Waals surface area contributed by atoms with Gasteiger partial charge in [0.15, 0.2) is 0 Å². The number of fused-ring (bicyclic) bond motifs is 2. The van der Waals surface area contributed by atoms with E-state index in [1.807, 2.05) is 24.4 Å². The molecule has 2 aromatic carbocycles. The standard InChI is InChI=1S/C19H14BrFN2/c1-11-16(21)8-7-13-14(10-22-18(11)13)17-9-6-12-4-3-5-15(20)19(12)23(17)2/h3-10H,1-2H3/p+1. The summed E-state index contributed by atoms with van der Waals surface area (Å²) in [6.45, 7) is 1.80. The van der Waals surface area contributed by atoms with Gasteiger partial charge < -0.3 is 4.98 Å². The molecular weight excluding hydrogens is 355 g/mol. The minimum atomic E-state index is -0.184. The van der Waals surface area contributed by atoms with E-state index >= 15 is 0 Å². The highest BCUT2D eigenvalue weighted by atomic mass is 79.9. The molecule has 1 N–H and O–H groups in total. The van der Waals surface area contributed by atoms with Crippen LogP contribution in [-0.4, -0.2) is 4.98 Å². The van der Waals surface area contributed by atoms with Gasteiger partial charge in [-0.3, -0.25) is 0 Å². The fourth-order valence-corrected chi connectivity index (χ4v) is 3.87. The molecule has 0 aliphatic heterocycles. The largest absolute Gasteiger partial charge is 0.360 e. The zero-order chi connectivity index (χ0) is 16.1. The van der Waals surface area contributed by atoms with Crippen molar-refractivity contribution in [2.24, 2.45) is 7.05 Å². The first-order valence-electron chi connectivity index (χ1n) is 7.42. The maximum atomic E-state index is 13.8. The molecule has 0 spiro atoms. The SMILES string of the molecule is Cc1c(F)ccc2c(-c3ccc4cccc(Br)c4[n+]3C)c[nH]c12. The third kappa shape index (κ3) is 2.09. The number of para-hydroxylation sites is 1. The van der Waals surface area contributed by atoms with Crippen molar-refractivity contribution in [3.63, 3.8) is 0 Å². The minimum Gasteiger partial charge on any atom is -0.360 e. The van der Waals surface area contributed by atoms with Gasteiger partial charge in [-0.2, -0.15) is 4.57 Å². The number of pyridine rings is 1. The van der Waals surface area contributed by atoms with Gasteiger partial charge in [0.2, 0.25) is 11.2 Å². The molecule has 114 valence electrons. The summed E-state index contributed by atoms with van der Waals surface area (Å²) >= 11 is 3.64. The summed E-state index contributed by atoms with van der Waals surface area (Å²) in [4.78, 5) is 3.22. The van der Waals surface area contributed by atoms with Gasteiger partial charge in [0, 0.05) is 28.6 Å². The number of nitrogens with one attached hydrogen (secondary N) is 1. The fourth-order valence-electron chi connectivity index (χ4n) is 3.22. The molecular formula is C19H15BrFN2+. The van der Waals surface area contributed by atoms with Crippen molar-refractivity contribution in [1.82, 2.24) is 4.98 Å². The Labute approximate surface area is 141 Å². The molecule has 0 amide bonds. The lowest BCUT2D eigenvalue weighted by Crippen LogP contribution is -2.32. The van der Waals surface area contributed by atoms with E-state index in [1.54, 1.807) is 6.92 Å². The van der Waals surface area contributed by atoms with E-state index in [1.165, 1.54) is 11.5 Å². The third-order valence-electron chi connectivity index (χ3n) is 4.46. The number of aromatic nitrogens is 2. The Balaban J connectivity index is 2.06. The first-order valence-corrected chi connectivity index (χ1v) is 8.21. The van der Waals surface area contributed by atoms with Crippen LogP contribution < -0.4 is 4.57 Å². The van der Waals surface area contributed by atoms with Crippen LogP contribution in [0.3, 0.4) is 0 Å². The number of hydrogen-bond donors (Lipinski definition) is 1. The van der Waals surface area contributed by atoms with Crippen LogP contribution in [0.4, 0.5) is 4.39 Å². The average Bonchev–Trinajstić information content (AvgIpc) is 2.96. The van der Waals surface area contributed by atoms with Crippen LogP contribution in [0.2, 0.25) is 0 Å². The molecule has 2 heterocycles. The van der Waals surface area contributed by atoms with Crippen molar-refractivity contribution in [2.75, 3.05) is 0 Å². The maximum Gasteiger partial charge on any atom is 0.227 e. The normalized spacial score (nSPS) is 11.5. The molecule has 0 saturated carbocycles. The van der Waals surface area contributed by atoms with Gasteiger partial charge in [-0.05, 0) is 53.2 Å². The van der Waals surface area contributed by atoms with E-state index in [4.69, 9.17) is 0 Å². The summed E-state index contributed by atoms with van der Waals surface area (Å²) in [7, 11) is 2.05. The molecule has 23 heavy (non-hydrogen) atoms. The van der Waals surface area contributed by atoms with E-state index < -0.39 is 0 Å². The van der Waals surface area contributed by atoms with E-state index in [0.717, 1.165) is 32.1 Å². The van der Waals surface area contributed by atoms with Gasteiger partial charge in [0.25, 0.3) is 0 Å². The predicted molar refractivity (Wildman–Crippen MR) is 94.8 cm³/mol. The topological polar surface area (TPSA) is 19.7 Å². The molecule has 4 heteroatoms. The quantitative estimate of drug-likeness (QED) is 0.454. The molecule has 0 unspecified atom stereocenters. The van der Waals surface area contributed by atoms with Crippen LogP contribution >= 0.6 is 15.9 Å². The molecule has 0 aliphatic rings. The van der Waals surface area contributed by atoms with Crippen molar-refractivity contribution < 1.29 is 8.96 Å². The van der Waals surface area contributed by atoms with Crippen molar-refractivity contribution in [3.05, 3.63) is 64.5 Å². The van der Waals surface area contributed by atoms with Crippen molar-refractivity contribution in [2.45, 2.75) is 6.92 Å². The second-order valence-electron chi connectivity index (χ2n) is 5.75. The van der Waals surface area contributed by atoms with E-state index in [9.17, 15) is 4.39 Å². The molecule has 0 aliphatic carbocycles. The van der Waals surface area contributed by atoms with Gasteiger partial charge in [0.1, 0.15) is 12.9 Å². The molecule has 0 bridgehead atoms. The highest BCUT2D eigenvalue weighted by molar-refractivity contribution is 9.10. The molecule has 2 aromatic heterocycles. The van der Waals surface area contributed by atoms with Crippen LogP contribution in [0, 0.1) is 12.7 Å². The third-order valence-corrected chi connectivity index (χ3v) is 5.10. The number of nitrogens with zero attached hydrogens (tertiary/aromatic N) is 1. The number of H-pyrrole nitrogens is 1. The van der Waals surface area contributed by atoms with Crippen LogP contribution in [-0.2, 0) is 7.05 Å². The molecule has 2 nitrogen and oxygen atoms in total. The summed E-state index contributed by atoms with van der Waals surface area (Å²) in [6, 6.07) is 13.8. The van der Waals surface area contributed by atoms with Gasteiger partial charge in [-0.1, -0.05) is 6.07 Å². The van der Waals surface area contributed by atoms with Gasteiger partial charge in [0.05, 0.1) is 15.6 Å². The summed E-state index contributed by atoms with van der Waals surface area (Å²) < 4.78 is 17.0. The number of halogens is 2. The van der Waals surface area contributed by atoms with Crippen molar-refractivity contribution in [3.8, 4) is 11.3 Å². The Hall–Kier alpha value is -2.20. The Morgan fingerprint density at radius 3 is 2.74 bits per heavy atom. The van der Waals surface area contributed by atoms with Crippen LogP contribution in [0.25, 0.3) is 33.1 Å². The zero-order valence-electron chi connectivity index (χ0n) is 12.8. The Morgan fingerprint density at radius 2 is 1.91 bits per heavy atom. The van der Waals surface area contributed by atoms with Crippen LogP contribution in [0.5, 0.6) is 0 Å². The maximum absolute atomic E-state index is 13.8. The van der Waals surface area contributed by atoms with E-state index in [0.29, 0.717) is 5.56 Å². The Bertz CT molecular complexity index is 1070. The van der Waals surface area contributed by atoms with Crippen LogP contribution in [0.15, 0.2) is 53.1 Å². The Kier molecular flexibility index (Phi) is 3.23. The molecule has 0 fully saturated rings. The highest BCUT2D eigenvalue weighted by Crippen LogP contribution is 2.31. The smallest absolute Gasteiger partial charge is 0.227 e. The molecule has 0 saturated heterocycles. The molecule has 0 atom stereocenters. The molecule has 0 radical (unpaired) electrons. The predicted octanol–water partition coefficient (Wildman–Crippen LogP) is 5.02. The monoisotopic (exact) mass is 369 g/mol.